The van der Waals surface area contributed by atoms with Crippen molar-refractivity contribution in [3.05, 3.63) is 158 Å². The van der Waals surface area contributed by atoms with Crippen LogP contribution in [0.15, 0.2) is 158 Å². The highest BCUT2D eigenvalue weighted by atomic mass is 31.2. The van der Waals surface area contributed by atoms with Gasteiger partial charge in [-0.2, -0.15) is 0 Å². The highest BCUT2D eigenvalue weighted by molar-refractivity contribution is 7.47. The van der Waals surface area contributed by atoms with Gasteiger partial charge >= 0.3 is 33.6 Å². The maximum atomic E-state index is 13.0. The Morgan fingerprint density at radius 1 is 0.257 bits per heavy atom. The molecule has 0 saturated carbocycles. The van der Waals surface area contributed by atoms with E-state index in [9.17, 15) is 43.5 Å². The second kappa shape index (κ2) is 86.5. The van der Waals surface area contributed by atoms with Crippen molar-refractivity contribution in [3.8, 4) is 0 Å². The Balaban J connectivity index is 4.57. The second-order valence-corrected chi connectivity index (χ2v) is 32.5. The van der Waals surface area contributed by atoms with E-state index in [4.69, 9.17) is 32.3 Å². The fraction of sp³-hybridized carbons (Fsp3) is 0.695. The predicted molar refractivity (Wildman–Crippen MR) is 472 cm³/mol. The number of hydrogen-bond acceptors (Lipinski definition) is 14. The molecule has 113 heavy (non-hydrogen) atoms. The minimum Gasteiger partial charge on any atom is -0.463 e. The van der Waals surface area contributed by atoms with Gasteiger partial charge in [0.2, 0.25) is 0 Å². The first kappa shape index (κ1) is 108. The number of carbonyl (C=O) groups excluding carboxylic acids is 3. The summed E-state index contributed by atoms with van der Waals surface area (Å²) < 4.78 is 61.4. The average Bonchev–Trinajstić information content (AvgIpc) is 0.899. The van der Waals surface area contributed by atoms with Crippen LogP contribution in [-0.4, -0.2) is 95.9 Å². The Labute approximate surface area is 689 Å². The summed E-state index contributed by atoms with van der Waals surface area (Å²) >= 11 is 0. The summed E-state index contributed by atoms with van der Waals surface area (Å²) in [6.45, 7) is 2.45. The number of aliphatic hydroxyl groups excluding tert-OH is 2. The zero-order valence-corrected chi connectivity index (χ0v) is 73.0. The van der Waals surface area contributed by atoms with Gasteiger partial charge in [-0.25, -0.2) is 9.13 Å². The van der Waals surface area contributed by atoms with E-state index >= 15 is 0 Å². The number of phosphoric acid groups is 2. The van der Waals surface area contributed by atoms with Crippen LogP contribution in [0, 0.1) is 0 Å². The summed E-state index contributed by atoms with van der Waals surface area (Å²) in [5, 5.41) is 20.7. The Hall–Kier alpha value is -4.83. The lowest BCUT2D eigenvalue weighted by Gasteiger charge is -2.21. The lowest BCUT2D eigenvalue weighted by atomic mass is 10.0. The zero-order chi connectivity index (χ0) is 82.2. The normalized spacial score (nSPS) is 14.6. The Morgan fingerprint density at radius 2 is 0.469 bits per heavy atom. The summed E-state index contributed by atoms with van der Waals surface area (Å²) in [6.07, 6.45) is 110. The smallest absolute Gasteiger partial charge is 0.463 e. The lowest BCUT2D eigenvalue weighted by Crippen LogP contribution is -2.30. The van der Waals surface area contributed by atoms with E-state index in [-0.39, 0.29) is 19.3 Å². The third kappa shape index (κ3) is 87.8. The maximum Gasteiger partial charge on any atom is 0.472 e. The van der Waals surface area contributed by atoms with Gasteiger partial charge in [0.05, 0.1) is 26.4 Å². The van der Waals surface area contributed by atoms with E-state index in [1.54, 1.807) is 0 Å². The Morgan fingerprint density at radius 3 is 0.743 bits per heavy atom. The molecule has 16 nitrogen and oxygen atoms in total. The van der Waals surface area contributed by atoms with Crippen LogP contribution in [0.4, 0.5) is 0 Å². The molecule has 0 spiro atoms. The molecule has 0 aliphatic rings. The standard InChI is InChI=1S/C95H162O16P2/c1-4-7-10-13-16-19-22-25-28-31-34-36-38-40-42-43-44-45-47-49-50-52-55-57-60-63-66-69-72-75-78-81-93(98)105-84-90(96)85-107-112(101,102)108-86-91(97)87-109-113(103,104)110-89-92(111-95(100)83-80-77-74-71-68-65-62-59-54-33-30-27-24-21-18-15-12-9-6-3)88-106-94(99)82-79-76-73-70-67-64-61-58-56-53-51-48-46-41-39-37-35-32-29-26-23-20-17-14-11-8-5-2/h7-8,10-11,16-21,25-30,34-37,40-42,46,54,59,90-92,96-97H,4-6,9,12-15,22-24,31-33,38-39,43-45,47-53,55-58,60-89H2,1-3H3,(H,101,102)(H,103,104)/b10-7-,11-8-,19-16-,20-17-,21-18-,28-25-,29-26-,30-27-,36-34-,37-35-,42-40-,46-41-,59-54-. The molecule has 0 aliphatic carbocycles. The van der Waals surface area contributed by atoms with Gasteiger partial charge in [-0.3, -0.25) is 32.5 Å². The first-order chi connectivity index (χ1) is 55.2. The second-order valence-electron chi connectivity index (χ2n) is 29.6. The van der Waals surface area contributed by atoms with Crippen molar-refractivity contribution >= 4 is 33.6 Å². The summed E-state index contributed by atoms with van der Waals surface area (Å²) in [5.74, 6) is -1.59. The molecule has 18 heteroatoms. The predicted octanol–water partition coefficient (Wildman–Crippen LogP) is 27.3. The van der Waals surface area contributed by atoms with Crippen molar-refractivity contribution in [2.75, 3.05) is 39.6 Å². The van der Waals surface area contributed by atoms with Gasteiger partial charge in [0, 0.05) is 19.3 Å². The minimum absolute atomic E-state index is 0.0865. The highest BCUT2D eigenvalue weighted by Gasteiger charge is 2.29. The Bertz CT molecular complexity index is 2680. The summed E-state index contributed by atoms with van der Waals surface area (Å²) in [4.78, 5) is 58.9. The maximum absolute atomic E-state index is 13.0. The number of esters is 3. The van der Waals surface area contributed by atoms with Gasteiger partial charge in [-0.1, -0.05) is 359 Å². The minimum atomic E-state index is -4.95. The van der Waals surface area contributed by atoms with Crippen LogP contribution in [0.3, 0.4) is 0 Å². The molecular weight excluding hydrogens is 1460 g/mol. The molecule has 5 unspecified atom stereocenters. The first-order valence-electron chi connectivity index (χ1n) is 44.8. The van der Waals surface area contributed by atoms with Crippen LogP contribution in [0.25, 0.3) is 0 Å². The number of aliphatic hydroxyl groups is 2. The number of hydrogen-bond donors (Lipinski definition) is 4. The van der Waals surface area contributed by atoms with E-state index in [0.29, 0.717) is 19.3 Å². The van der Waals surface area contributed by atoms with Gasteiger partial charge in [0.1, 0.15) is 25.4 Å². The van der Waals surface area contributed by atoms with Crippen LogP contribution in [-0.2, 0) is 55.8 Å². The Kier molecular flexibility index (Phi) is 82.8. The van der Waals surface area contributed by atoms with Crippen LogP contribution < -0.4 is 0 Å². The molecule has 0 aromatic rings. The topological polar surface area (TPSA) is 231 Å². The molecule has 5 atom stereocenters. The highest BCUT2D eigenvalue weighted by Crippen LogP contribution is 2.45. The van der Waals surface area contributed by atoms with Crippen LogP contribution in [0.2, 0.25) is 0 Å². The lowest BCUT2D eigenvalue weighted by molar-refractivity contribution is -0.161. The van der Waals surface area contributed by atoms with Crippen molar-refractivity contribution in [2.24, 2.45) is 0 Å². The monoisotopic (exact) mass is 1620 g/mol. The number of ether oxygens (including phenoxy) is 3. The molecule has 0 aliphatic heterocycles. The zero-order valence-electron chi connectivity index (χ0n) is 71.3. The molecular formula is C95H162O16P2. The average molecular weight is 1620 g/mol. The van der Waals surface area contributed by atoms with E-state index in [1.165, 1.54) is 135 Å². The third-order valence-electron chi connectivity index (χ3n) is 18.7. The van der Waals surface area contributed by atoms with Gasteiger partial charge in [-0.15, -0.1) is 0 Å². The molecule has 0 amide bonds. The van der Waals surface area contributed by atoms with Crippen molar-refractivity contribution in [1.29, 1.82) is 0 Å². The molecule has 0 radical (unpaired) electrons. The molecule has 0 rings (SSSR count). The van der Waals surface area contributed by atoms with Crippen molar-refractivity contribution in [1.82, 2.24) is 0 Å². The fourth-order valence-corrected chi connectivity index (χ4v) is 13.6. The van der Waals surface area contributed by atoms with E-state index in [1.807, 2.05) is 0 Å². The molecule has 0 aromatic carbocycles. The third-order valence-corrected chi connectivity index (χ3v) is 20.6. The van der Waals surface area contributed by atoms with Gasteiger partial charge in [-0.05, 0) is 148 Å². The summed E-state index contributed by atoms with van der Waals surface area (Å²) in [7, 11) is -9.81. The number of rotatable bonds is 84. The largest absolute Gasteiger partial charge is 0.472 e. The van der Waals surface area contributed by atoms with Gasteiger partial charge in [0.25, 0.3) is 0 Å². The quantitative estimate of drug-likeness (QED) is 0.0146. The van der Waals surface area contributed by atoms with Crippen LogP contribution >= 0.6 is 15.6 Å². The molecule has 648 valence electrons. The number of unbranched alkanes of at least 4 members (excludes halogenated alkanes) is 35. The van der Waals surface area contributed by atoms with Crippen molar-refractivity contribution in [3.63, 3.8) is 0 Å². The van der Waals surface area contributed by atoms with Crippen LogP contribution in [0.5, 0.6) is 0 Å². The SMILES string of the molecule is CC/C=C\C/C=C\C/C=C\C/C=C\C/C=C\CCCCCCCCCCCCCCCCCC(=O)OCC(O)COP(=O)(O)OCC(O)COP(=O)(O)OCC(COC(=O)CCCCCCCCCCCCC/C=C\C/C=C\C/C=C\C/C=C\C/C=C\CC)OC(=O)CCCCCCCC/C=C\C/C=C\C/C=C\CCCCC. The summed E-state index contributed by atoms with van der Waals surface area (Å²) in [6, 6.07) is 0. The first-order valence-corrected chi connectivity index (χ1v) is 47.8. The fourth-order valence-electron chi connectivity index (χ4n) is 12.0. The number of carbonyl (C=O) groups is 3. The van der Waals surface area contributed by atoms with Crippen LogP contribution in [0.1, 0.15) is 367 Å². The molecule has 0 aromatic heterocycles. The van der Waals surface area contributed by atoms with E-state index in [2.05, 4.69) is 179 Å². The summed E-state index contributed by atoms with van der Waals surface area (Å²) in [5.41, 5.74) is 0. The molecule has 0 saturated heterocycles. The van der Waals surface area contributed by atoms with E-state index in [0.717, 1.165) is 173 Å². The number of allylic oxidation sites excluding steroid dienone is 26. The molecule has 0 bridgehead atoms. The molecule has 0 fully saturated rings. The van der Waals surface area contributed by atoms with E-state index < -0.39 is 91.5 Å². The van der Waals surface area contributed by atoms with Gasteiger partial charge < -0.3 is 34.2 Å². The van der Waals surface area contributed by atoms with Crippen molar-refractivity contribution in [2.45, 2.75) is 386 Å². The van der Waals surface area contributed by atoms with Gasteiger partial charge in [0.15, 0.2) is 6.10 Å². The molecule has 4 N–H and O–H groups in total. The number of phosphoric ester groups is 2. The van der Waals surface area contributed by atoms with Crippen molar-refractivity contribution < 1.29 is 75.8 Å². The molecule has 0 heterocycles.